The third-order valence-corrected chi connectivity index (χ3v) is 28.7. The molecular weight excluding hydrogens is 1670 g/mol. The Morgan fingerprint density at radius 2 is 0.500 bits per heavy atom. The van der Waals surface area contributed by atoms with Crippen molar-refractivity contribution in [3.8, 4) is 113 Å². The number of benzene rings is 10. The van der Waals surface area contributed by atoms with Gasteiger partial charge in [-0.1, -0.05) is 187 Å². The predicted molar refractivity (Wildman–Crippen MR) is 539 cm³/mol. The molecule has 17 aromatic rings. The summed E-state index contributed by atoms with van der Waals surface area (Å²) in [6.07, 6.45) is 8.75. The van der Waals surface area contributed by atoms with Gasteiger partial charge in [0.05, 0.1) is 78.7 Å². The van der Waals surface area contributed by atoms with Crippen LogP contribution in [0.3, 0.4) is 0 Å². The number of nitrogens with one attached hydrogen (secondary N) is 2. The van der Waals surface area contributed by atoms with Crippen LogP contribution in [-0.2, 0) is 0 Å². The SMILES string of the molecule is Cc1cc(C)c(-c2ccc3ccc4cc(C#Cc5ccc(-c6c7nc(c(-c8c(C)cc(C)cc8C)c8ccc([nH]8)c(-c8ccc(C#Cc9cc%10ccc%11ccc(-c%12c(C)cc(C)cc%12C)nc%11c%10nc9-c9c(C)c(C)c(Br)c(C)c9C)cc8)c8nc(c(-c9c(C)cc(C)cc9C)c9ccc6[nH]9)C=C8)C=C7)cc5)c(-c5c(C)c(C)c(Br)c(C)c5C)nc4c3n2)c(C)c1. The monoisotopic (exact) mass is 1760 g/mol. The van der Waals surface area contributed by atoms with Gasteiger partial charge in [-0.05, 0) is 347 Å². The van der Waals surface area contributed by atoms with E-state index in [4.69, 9.17) is 29.9 Å². The second-order valence-corrected chi connectivity index (χ2v) is 36.8. The van der Waals surface area contributed by atoms with Crippen molar-refractivity contribution in [2.75, 3.05) is 0 Å². The number of aryl methyl sites for hydroxylation is 12. The van der Waals surface area contributed by atoms with E-state index >= 15 is 0 Å². The molecule has 126 heavy (non-hydrogen) atoms. The molecule has 8 bridgehead atoms. The fourth-order valence-electron chi connectivity index (χ4n) is 20.1. The zero-order valence-electron chi connectivity index (χ0n) is 75.1. The van der Waals surface area contributed by atoms with E-state index in [9.17, 15) is 0 Å². The van der Waals surface area contributed by atoms with Crippen LogP contribution in [0.1, 0.15) is 156 Å². The Morgan fingerprint density at radius 3 is 0.817 bits per heavy atom. The Kier molecular flexibility index (Phi) is 20.8. The van der Waals surface area contributed by atoms with Crippen LogP contribution in [0.2, 0.25) is 0 Å². The lowest BCUT2D eigenvalue weighted by Crippen LogP contribution is -2.02. The second kappa shape index (κ2) is 31.9. The van der Waals surface area contributed by atoms with Gasteiger partial charge in [-0.3, -0.25) is 0 Å². The van der Waals surface area contributed by atoms with Crippen LogP contribution < -0.4 is 0 Å². The van der Waals surface area contributed by atoms with Gasteiger partial charge in [0.2, 0.25) is 0 Å². The van der Waals surface area contributed by atoms with Crippen molar-refractivity contribution in [1.29, 1.82) is 0 Å². The molecule has 0 spiro atoms. The number of rotatable bonds is 8. The average Bonchev–Trinajstić information content (AvgIpc) is 1.22. The highest BCUT2D eigenvalue weighted by molar-refractivity contribution is 9.11. The van der Waals surface area contributed by atoms with Crippen molar-refractivity contribution >= 4 is 122 Å². The van der Waals surface area contributed by atoms with Crippen LogP contribution in [0, 0.1) is 162 Å². The molecule has 0 unspecified atom stereocenters. The van der Waals surface area contributed by atoms with E-state index in [2.05, 4.69) is 410 Å². The van der Waals surface area contributed by atoms with E-state index in [-0.39, 0.29) is 0 Å². The molecule has 8 nitrogen and oxygen atoms in total. The smallest absolute Gasteiger partial charge is 0.0973 e. The zero-order chi connectivity index (χ0) is 88.0. The number of halogens is 2. The van der Waals surface area contributed by atoms with Gasteiger partial charge in [0.15, 0.2) is 0 Å². The molecule has 0 fully saturated rings. The standard InChI is InChI=1S/C116H96Br2N8/c1-59-49-63(5)99(64(6)50-59)89-39-37-83-33-35-87-57-85(111(125-115(87)113(83)123-89)103-71(13)75(17)109(117)76(18)72(103)14)31-25-79-21-27-81(28-22-79)105-91-41-45-95(119-91)107(101-67(9)53-61(3)54-68(101)10)97-47-43-93(121-97)106(94-44-48-98(122-94)108(96-46-42-92(105)120-96)102-69(11)55-62(4)56-70(102)12)82-29-23-80(24-30-82)26-32-86-58-88-36-34-84-38-40-90(100-65(7)51-60(2)52-66(100)8)124-114(84)116(88)126-112(86)104-73(15)77(19)110(118)78(20)74(104)16/h21-24,27-30,33-58,119,122H,1-20H3. The lowest BCUT2D eigenvalue weighted by Gasteiger charge is -2.19. The topological polar surface area (TPSA) is 109 Å². The fraction of sp³-hybridized carbons (Fsp3) is 0.172. The lowest BCUT2D eigenvalue weighted by molar-refractivity contribution is 1.20. The Bertz CT molecular complexity index is 7450. The Morgan fingerprint density at radius 1 is 0.230 bits per heavy atom. The summed E-state index contributed by atoms with van der Waals surface area (Å²) < 4.78 is 2.22. The molecule has 19 rings (SSSR count). The van der Waals surface area contributed by atoms with Crippen molar-refractivity contribution < 1.29 is 0 Å². The first-order valence-corrected chi connectivity index (χ1v) is 44.8. The van der Waals surface area contributed by atoms with Gasteiger partial charge in [0.1, 0.15) is 0 Å². The molecule has 0 aliphatic carbocycles. The quantitative estimate of drug-likeness (QED) is 0.116. The summed E-state index contributed by atoms with van der Waals surface area (Å²) >= 11 is 7.92. The maximum absolute atomic E-state index is 5.81. The van der Waals surface area contributed by atoms with Gasteiger partial charge in [-0.25, -0.2) is 29.9 Å². The van der Waals surface area contributed by atoms with Gasteiger partial charge < -0.3 is 9.97 Å². The van der Waals surface area contributed by atoms with E-state index in [1.165, 1.54) is 66.8 Å². The van der Waals surface area contributed by atoms with E-state index in [0.717, 1.165) is 254 Å². The normalized spacial score (nSPS) is 11.9. The Balaban J connectivity index is 0.770. The molecule has 0 radical (unpaired) electrons. The summed E-state index contributed by atoms with van der Waals surface area (Å²) in [7, 11) is 0. The highest BCUT2D eigenvalue weighted by atomic mass is 79.9. The first-order valence-electron chi connectivity index (χ1n) is 43.3. The number of aromatic nitrogens is 8. The summed E-state index contributed by atoms with van der Waals surface area (Å²) in [6, 6.07) is 66.0. The first-order chi connectivity index (χ1) is 60.5. The Hall–Kier alpha value is -13.5. The summed E-state index contributed by atoms with van der Waals surface area (Å²) in [5, 5.41) is 4.01. The molecule has 9 heterocycles. The van der Waals surface area contributed by atoms with Crippen molar-refractivity contribution in [3.05, 3.63) is 347 Å². The van der Waals surface area contributed by atoms with Crippen molar-refractivity contribution in [1.82, 2.24) is 39.9 Å². The predicted octanol–water partition coefficient (Wildman–Crippen LogP) is 30.7. The molecule has 2 N–H and O–H groups in total. The van der Waals surface area contributed by atoms with E-state index in [1.807, 2.05) is 0 Å². The molecule has 614 valence electrons. The molecule has 7 aromatic heterocycles. The first kappa shape index (κ1) is 82.1. The van der Waals surface area contributed by atoms with Crippen LogP contribution >= 0.6 is 31.9 Å². The number of aromatic amines is 2. The van der Waals surface area contributed by atoms with Gasteiger partial charge in [-0.2, -0.15) is 0 Å². The van der Waals surface area contributed by atoms with Crippen LogP contribution in [0.15, 0.2) is 191 Å². The third kappa shape index (κ3) is 14.3. The van der Waals surface area contributed by atoms with E-state index in [0.29, 0.717) is 0 Å². The van der Waals surface area contributed by atoms with Gasteiger partial charge >= 0.3 is 0 Å². The molecule has 2 aliphatic heterocycles. The number of H-pyrrole nitrogens is 2. The average molecular weight is 1760 g/mol. The lowest BCUT2D eigenvalue weighted by atomic mass is 9.89. The highest BCUT2D eigenvalue weighted by Gasteiger charge is 2.27. The summed E-state index contributed by atoms with van der Waals surface area (Å²) in [5.41, 5.74) is 53.6. The number of hydrogen-bond donors (Lipinski definition) is 2. The number of hydrogen-bond acceptors (Lipinski definition) is 6. The van der Waals surface area contributed by atoms with Crippen LogP contribution in [0.25, 0.3) is 180 Å². The third-order valence-electron chi connectivity index (χ3n) is 26.3. The van der Waals surface area contributed by atoms with Crippen LogP contribution in [-0.4, -0.2) is 39.9 Å². The largest absolute Gasteiger partial charge is 0.354 e. The van der Waals surface area contributed by atoms with E-state index in [1.54, 1.807) is 0 Å². The summed E-state index contributed by atoms with van der Waals surface area (Å²) in [5.74, 6) is 14.8. The molecule has 0 atom stereocenters. The number of fused-ring (bicyclic) bond motifs is 14. The molecule has 10 heteroatoms. The highest BCUT2D eigenvalue weighted by Crippen LogP contribution is 2.46. The number of nitrogens with zero attached hydrogens (tertiary/aromatic N) is 6. The maximum atomic E-state index is 5.81. The van der Waals surface area contributed by atoms with Crippen molar-refractivity contribution in [3.63, 3.8) is 0 Å². The molecule has 2 aliphatic rings. The molecule has 0 amide bonds. The van der Waals surface area contributed by atoms with E-state index < -0.39 is 0 Å². The van der Waals surface area contributed by atoms with Gasteiger partial charge in [0, 0.05) is 108 Å². The fourth-order valence-corrected chi connectivity index (χ4v) is 21.3. The second-order valence-electron chi connectivity index (χ2n) is 35.2. The van der Waals surface area contributed by atoms with Crippen molar-refractivity contribution in [2.45, 2.75) is 138 Å². The molecule has 0 saturated heterocycles. The minimum atomic E-state index is 0.820. The van der Waals surface area contributed by atoms with Gasteiger partial charge in [-0.15, -0.1) is 0 Å². The van der Waals surface area contributed by atoms with Gasteiger partial charge in [0.25, 0.3) is 0 Å². The Labute approximate surface area is 754 Å². The summed E-state index contributed by atoms with van der Waals surface area (Å²) in [4.78, 5) is 42.1. The van der Waals surface area contributed by atoms with Crippen LogP contribution in [0.5, 0.6) is 0 Å². The minimum absolute atomic E-state index is 0.820. The van der Waals surface area contributed by atoms with Crippen molar-refractivity contribution in [2.24, 2.45) is 0 Å². The molecular formula is C116H96Br2N8. The minimum Gasteiger partial charge on any atom is -0.354 e. The zero-order valence-corrected chi connectivity index (χ0v) is 78.2. The summed E-state index contributed by atoms with van der Waals surface area (Å²) in [6.45, 7) is 43.8. The number of pyridine rings is 4. The maximum Gasteiger partial charge on any atom is 0.0973 e. The van der Waals surface area contributed by atoms with Crippen LogP contribution in [0.4, 0.5) is 0 Å². The molecule has 10 aromatic carbocycles. The molecule has 0 saturated carbocycles.